The fourth-order valence-corrected chi connectivity index (χ4v) is 2.90. The van der Waals surface area contributed by atoms with Crippen molar-refractivity contribution in [3.63, 3.8) is 0 Å². The lowest BCUT2D eigenvalue weighted by Crippen LogP contribution is -3.11. The molecule has 0 aromatic heterocycles. The van der Waals surface area contributed by atoms with Crippen LogP contribution < -0.4 is 15.5 Å². The first kappa shape index (κ1) is 22.1. The van der Waals surface area contributed by atoms with E-state index in [1.165, 1.54) is 7.11 Å². The van der Waals surface area contributed by atoms with Gasteiger partial charge in [0.2, 0.25) is 0 Å². The summed E-state index contributed by atoms with van der Waals surface area (Å²) in [6, 6.07) is 14.5. The third-order valence-corrected chi connectivity index (χ3v) is 4.46. The molecule has 0 radical (unpaired) electrons. The first-order valence-corrected chi connectivity index (χ1v) is 9.56. The van der Waals surface area contributed by atoms with E-state index in [-0.39, 0.29) is 24.9 Å². The van der Waals surface area contributed by atoms with Crippen LogP contribution in [0.5, 0.6) is 0 Å². The summed E-state index contributed by atoms with van der Waals surface area (Å²) in [6.45, 7) is 2.77. The number of esters is 1. The Balaban J connectivity index is 1.77. The molecule has 2 aromatic carbocycles. The van der Waals surface area contributed by atoms with Crippen LogP contribution in [-0.4, -0.2) is 45.0 Å². The zero-order chi connectivity index (χ0) is 21.2. The minimum absolute atomic E-state index is 0.130. The molecule has 0 bridgehead atoms. The molecular weight excluding hydrogens is 370 g/mol. The standard InChI is InChI=1S/C22H27N3O4/c1-4-17-7-5-6-8-19(17)24-21(27)15-25(2)14-20(26)23-13-16-9-11-18(12-10-16)22(28)29-3/h5-12H,4,13-15H2,1-3H3,(H,23,26)(H,24,27)/p+1. The van der Waals surface area contributed by atoms with Crippen LogP contribution >= 0.6 is 0 Å². The van der Waals surface area contributed by atoms with E-state index in [0.29, 0.717) is 12.1 Å². The quantitative estimate of drug-likeness (QED) is 0.546. The van der Waals surface area contributed by atoms with E-state index in [4.69, 9.17) is 0 Å². The number of benzene rings is 2. The van der Waals surface area contributed by atoms with E-state index in [9.17, 15) is 14.4 Å². The van der Waals surface area contributed by atoms with E-state index in [1.807, 2.05) is 31.2 Å². The van der Waals surface area contributed by atoms with Crippen LogP contribution in [0.2, 0.25) is 0 Å². The molecule has 7 nitrogen and oxygen atoms in total. The number of para-hydroxylation sites is 1. The molecule has 1 unspecified atom stereocenters. The second kappa shape index (κ2) is 11.0. The molecule has 2 rings (SSSR count). The van der Waals surface area contributed by atoms with Gasteiger partial charge in [0, 0.05) is 12.2 Å². The molecule has 154 valence electrons. The maximum atomic E-state index is 12.3. The zero-order valence-electron chi connectivity index (χ0n) is 17.1. The molecule has 0 spiro atoms. The average Bonchev–Trinajstić information content (AvgIpc) is 2.72. The maximum Gasteiger partial charge on any atom is 0.337 e. The predicted octanol–water partition coefficient (Wildman–Crippen LogP) is 0.805. The summed E-state index contributed by atoms with van der Waals surface area (Å²) in [5.41, 5.74) is 3.22. The Hall–Kier alpha value is -3.19. The van der Waals surface area contributed by atoms with Gasteiger partial charge in [-0.2, -0.15) is 0 Å². The third kappa shape index (κ3) is 7.04. The monoisotopic (exact) mass is 398 g/mol. The summed E-state index contributed by atoms with van der Waals surface area (Å²) >= 11 is 0. The van der Waals surface area contributed by atoms with E-state index < -0.39 is 5.97 Å². The molecule has 0 saturated heterocycles. The summed E-state index contributed by atoms with van der Waals surface area (Å²) in [5, 5.41) is 5.74. The number of carbonyl (C=O) groups excluding carboxylic acids is 3. The molecule has 2 amide bonds. The molecule has 0 aliphatic carbocycles. The largest absolute Gasteiger partial charge is 0.465 e. The number of ether oxygens (including phenoxy) is 1. The molecule has 0 heterocycles. The molecule has 1 atom stereocenters. The molecular formula is C22H28N3O4+. The van der Waals surface area contributed by atoms with Crippen LogP contribution in [0.15, 0.2) is 48.5 Å². The Labute approximate surface area is 171 Å². The molecule has 3 N–H and O–H groups in total. The van der Waals surface area contributed by atoms with E-state index in [2.05, 4.69) is 15.4 Å². The van der Waals surface area contributed by atoms with Crippen molar-refractivity contribution >= 4 is 23.5 Å². The van der Waals surface area contributed by atoms with Crippen molar-refractivity contribution in [3.8, 4) is 0 Å². The highest BCUT2D eigenvalue weighted by Crippen LogP contribution is 2.14. The van der Waals surface area contributed by atoms with Crippen molar-refractivity contribution in [2.75, 3.05) is 32.6 Å². The topological polar surface area (TPSA) is 88.9 Å². The average molecular weight is 398 g/mol. The zero-order valence-corrected chi connectivity index (χ0v) is 17.1. The number of carbonyl (C=O) groups is 3. The fourth-order valence-electron chi connectivity index (χ4n) is 2.90. The van der Waals surface area contributed by atoms with Gasteiger partial charge in [0.05, 0.1) is 19.7 Å². The number of amides is 2. The highest BCUT2D eigenvalue weighted by atomic mass is 16.5. The summed E-state index contributed by atoms with van der Waals surface area (Å²) in [4.78, 5) is 36.6. The number of hydrogen-bond acceptors (Lipinski definition) is 4. The lowest BCUT2D eigenvalue weighted by molar-refractivity contribution is -0.862. The Morgan fingerprint density at radius 1 is 0.966 bits per heavy atom. The molecule has 0 saturated carbocycles. The SMILES string of the molecule is CCc1ccccc1NC(=O)C[NH+](C)CC(=O)NCc1ccc(C(=O)OC)cc1. The number of quaternary nitrogens is 1. The first-order valence-electron chi connectivity index (χ1n) is 9.56. The summed E-state index contributed by atoms with van der Waals surface area (Å²) < 4.78 is 4.66. The molecule has 0 fully saturated rings. The van der Waals surface area contributed by atoms with Gasteiger partial charge in [-0.3, -0.25) is 9.59 Å². The third-order valence-electron chi connectivity index (χ3n) is 4.46. The van der Waals surface area contributed by atoms with Crippen molar-refractivity contribution < 1.29 is 24.0 Å². The van der Waals surface area contributed by atoms with Gasteiger partial charge in [-0.15, -0.1) is 0 Å². The van der Waals surface area contributed by atoms with Gasteiger partial charge in [-0.25, -0.2) is 4.79 Å². The Kier molecular flexibility index (Phi) is 8.36. The summed E-state index contributed by atoms with van der Waals surface area (Å²) in [6.07, 6.45) is 0.835. The lowest BCUT2D eigenvalue weighted by atomic mass is 10.1. The van der Waals surface area contributed by atoms with Crippen molar-refractivity contribution in [1.29, 1.82) is 0 Å². The molecule has 7 heteroatoms. The van der Waals surface area contributed by atoms with Crippen molar-refractivity contribution in [2.24, 2.45) is 0 Å². The van der Waals surface area contributed by atoms with E-state index in [1.54, 1.807) is 31.3 Å². The van der Waals surface area contributed by atoms with Gasteiger partial charge in [0.25, 0.3) is 11.8 Å². The Bertz CT molecular complexity index is 849. The van der Waals surface area contributed by atoms with Crippen LogP contribution in [0.1, 0.15) is 28.4 Å². The number of hydrogen-bond donors (Lipinski definition) is 3. The number of anilines is 1. The number of rotatable bonds is 9. The molecule has 0 aliphatic heterocycles. The first-order chi connectivity index (χ1) is 13.9. The summed E-state index contributed by atoms with van der Waals surface area (Å²) in [5.74, 6) is -0.679. The fraction of sp³-hybridized carbons (Fsp3) is 0.318. The number of methoxy groups -OCH3 is 1. The lowest BCUT2D eigenvalue weighted by Gasteiger charge is -2.15. The van der Waals surface area contributed by atoms with Gasteiger partial charge in [0.15, 0.2) is 13.1 Å². The Morgan fingerprint density at radius 2 is 1.62 bits per heavy atom. The van der Waals surface area contributed by atoms with Gasteiger partial charge >= 0.3 is 5.97 Å². The van der Waals surface area contributed by atoms with E-state index in [0.717, 1.165) is 28.1 Å². The minimum Gasteiger partial charge on any atom is -0.465 e. The van der Waals surface area contributed by atoms with Crippen LogP contribution in [0, 0.1) is 0 Å². The number of aryl methyl sites for hydroxylation is 1. The van der Waals surface area contributed by atoms with Gasteiger partial charge in [0.1, 0.15) is 0 Å². The van der Waals surface area contributed by atoms with Crippen molar-refractivity contribution in [3.05, 3.63) is 65.2 Å². The van der Waals surface area contributed by atoms with Crippen LogP contribution in [-0.2, 0) is 27.3 Å². The van der Waals surface area contributed by atoms with Crippen LogP contribution in [0.25, 0.3) is 0 Å². The predicted molar refractivity (Wildman–Crippen MR) is 111 cm³/mol. The molecule has 29 heavy (non-hydrogen) atoms. The van der Waals surface area contributed by atoms with Crippen molar-refractivity contribution in [2.45, 2.75) is 19.9 Å². The van der Waals surface area contributed by atoms with Gasteiger partial charge in [-0.05, 0) is 35.7 Å². The highest BCUT2D eigenvalue weighted by Gasteiger charge is 2.15. The summed E-state index contributed by atoms with van der Waals surface area (Å²) in [7, 11) is 3.13. The van der Waals surface area contributed by atoms with Gasteiger partial charge < -0.3 is 20.3 Å². The van der Waals surface area contributed by atoms with Crippen LogP contribution in [0.4, 0.5) is 5.69 Å². The van der Waals surface area contributed by atoms with Gasteiger partial charge in [-0.1, -0.05) is 37.3 Å². The second-order valence-corrected chi connectivity index (χ2v) is 6.83. The molecule has 0 aliphatic rings. The smallest absolute Gasteiger partial charge is 0.337 e. The maximum absolute atomic E-state index is 12.3. The normalized spacial score (nSPS) is 11.4. The van der Waals surface area contributed by atoms with E-state index >= 15 is 0 Å². The number of likely N-dealkylation sites (N-methyl/N-ethyl adjacent to an activating group) is 1. The second-order valence-electron chi connectivity index (χ2n) is 6.83. The Morgan fingerprint density at radius 3 is 2.28 bits per heavy atom. The highest BCUT2D eigenvalue weighted by molar-refractivity contribution is 5.92. The van der Waals surface area contributed by atoms with Crippen LogP contribution in [0.3, 0.4) is 0 Å². The minimum atomic E-state index is -0.398. The number of nitrogens with one attached hydrogen (secondary N) is 3. The molecule has 2 aromatic rings. The van der Waals surface area contributed by atoms with Crippen molar-refractivity contribution in [1.82, 2.24) is 5.32 Å².